The smallest absolute Gasteiger partial charge is 0.152 e. The molecule has 0 heterocycles. The molecule has 0 aliphatic rings. The molecule has 7 heteroatoms. The van der Waals surface area contributed by atoms with Crippen LogP contribution in [0.1, 0.15) is 0 Å². The summed E-state index contributed by atoms with van der Waals surface area (Å²) in [5.74, 6) is -0.219. The van der Waals surface area contributed by atoms with E-state index in [-0.39, 0.29) is 32.3 Å². The molecule has 0 unspecified atom stereocenters. The first-order valence-corrected chi connectivity index (χ1v) is 6.46. The number of benzene rings is 2. The van der Waals surface area contributed by atoms with Crippen LogP contribution in [0.4, 0.5) is 10.1 Å². The lowest BCUT2D eigenvalue weighted by molar-refractivity contribution is 0.483. The molecule has 2 aromatic rings. The predicted molar refractivity (Wildman–Crippen MR) is 77.4 cm³/mol. The van der Waals surface area contributed by atoms with E-state index < -0.39 is 5.82 Å². The second-order valence-electron chi connectivity index (χ2n) is 3.60. The van der Waals surface area contributed by atoms with Gasteiger partial charge in [-0.15, -0.1) is 0 Å². The highest BCUT2D eigenvalue weighted by atomic mass is 35.5. The molecule has 2 nitrogen and oxygen atoms in total. The van der Waals surface area contributed by atoms with Gasteiger partial charge in [0.05, 0.1) is 25.8 Å². The van der Waals surface area contributed by atoms with Crippen LogP contribution in [0.3, 0.4) is 0 Å². The van der Waals surface area contributed by atoms with E-state index in [1.165, 1.54) is 18.2 Å². The van der Waals surface area contributed by atoms with Crippen LogP contribution in [0.5, 0.6) is 11.5 Å². The van der Waals surface area contributed by atoms with Gasteiger partial charge in [0.1, 0.15) is 11.6 Å². The van der Waals surface area contributed by atoms with Crippen LogP contribution in [-0.2, 0) is 0 Å². The molecule has 0 atom stereocenters. The molecule has 19 heavy (non-hydrogen) atoms. The fraction of sp³-hybridized carbons (Fsp3) is 0. The summed E-state index contributed by atoms with van der Waals surface area (Å²) in [7, 11) is 0. The van der Waals surface area contributed by atoms with E-state index >= 15 is 0 Å². The SMILES string of the molecule is Nc1cc(F)c(Cl)cc1Oc1cc(Cl)c(Cl)cc1Cl. The summed E-state index contributed by atoms with van der Waals surface area (Å²) in [5, 5.41) is 0.701. The van der Waals surface area contributed by atoms with Crippen molar-refractivity contribution in [2.75, 3.05) is 5.73 Å². The van der Waals surface area contributed by atoms with Gasteiger partial charge in [-0.05, 0) is 6.07 Å². The highest BCUT2D eigenvalue weighted by Gasteiger charge is 2.12. The van der Waals surface area contributed by atoms with Gasteiger partial charge in [0.15, 0.2) is 5.75 Å². The molecule has 0 fully saturated rings. The summed E-state index contributed by atoms with van der Waals surface area (Å²) >= 11 is 23.3. The Balaban J connectivity index is 2.42. The largest absolute Gasteiger partial charge is 0.454 e. The zero-order valence-corrected chi connectivity index (χ0v) is 12.2. The monoisotopic (exact) mass is 339 g/mol. The molecule has 0 aliphatic heterocycles. The van der Waals surface area contributed by atoms with E-state index in [9.17, 15) is 4.39 Å². The lowest BCUT2D eigenvalue weighted by Crippen LogP contribution is -1.94. The summed E-state index contributed by atoms with van der Waals surface area (Å²) in [6, 6.07) is 5.18. The number of rotatable bonds is 2. The predicted octanol–water partition coefficient (Wildman–Crippen LogP) is 5.81. The number of halogens is 5. The van der Waals surface area contributed by atoms with Crippen molar-refractivity contribution < 1.29 is 9.13 Å². The molecule has 0 saturated carbocycles. The first-order valence-electron chi connectivity index (χ1n) is 4.95. The van der Waals surface area contributed by atoms with Crippen LogP contribution in [0, 0.1) is 5.82 Å². The lowest BCUT2D eigenvalue weighted by atomic mass is 10.3. The topological polar surface area (TPSA) is 35.2 Å². The Morgan fingerprint density at radius 1 is 0.789 bits per heavy atom. The highest BCUT2D eigenvalue weighted by molar-refractivity contribution is 6.43. The van der Waals surface area contributed by atoms with Crippen LogP contribution in [0.15, 0.2) is 24.3 Å². The molecule has 0 amide bonds. The third-order valence-corrected chi connectivity index (χ3v) is 3.55. The maximum absolute atomic E-state index is 13.2. The van der Waals surface area contributed by atoms with Crippen LogP contribution in [0.25, 0.3) is 0 Å². The number of anilines is 1. The second kappa shape index (κ2) is 5.63. The molecule has 100 valence electrons. The second-order valence-corrected chi connectivity index (χ2v) is 5.23. The van der Waals surface area contributed by atoms with Gasteiger partial charge in [-0.1, -0.05) is 46.4 Å². The fourth-order valence-electron chi connectivity index (χ4n) is 1.33. The van der Waals surface area contributed by atoms with Crippen LogP contribution >= 0.6 is 46.4 Å². The third-order valence-electron chi connectivity index (χ3n) is 2.25. The van der Waals surface area contributed by atoms with E-state index in [0.717, 1.165) is 6.07 Å². The normalized spacial score (nSPS) is 10.6. The molecule has 0 radical (unpaired) electrons. The molecule has 2 rings (SSSR count). The van der Waals surface area contributed by atoms with Crippen molar-refractivity contribution in [3.05, 3.63) is 50.2 Å². The van der Waals surface area contributed by atoms with Crippen LogP contribution < -0.4 is 10.5 Å². The standard InChI is InChI=1S/C12H6Cl4FNO/c13-5-1-8(16)11(2-6(5)14)19-12-3-7(15)9(17)4-10(12)18/h1-4H,18H2. The molecule has 0 spiro atoms. The minimum absolute atomic E-state index is 0.0871. The van der Waals surface area contributed by atoms with E-state index in [2.05, 4.69) is 0 Å². The minimum Gasteiger partial charge on any atom is -0.454 e. The Morgan fingerprint density at radius 2 is 1.37 bits per heavy atom. The molecule has 2 aromatic carbocycles. The summed E-state index contributed by atoms with van der Waals surface area (Å²) in [6.07, 6.45) is 0. The Labute approximate surface area is 128 Å². The number of nitrogen functional groups attached to an aromatic ring is 1. The molecule has 0 aliphatic carbocycles. The fourth-order valence-corrected chi connectivity index (χ4v) is 2.06. The number of hydrogen-bond acceptors (Lipinski definition) is 2. The lowest BCUT2D eigenvalue weighted by Gasteiger charge is -2.11. The average Bonchev–Trinajstić information content (AvgIpc) is 2.32. The minimum atomic E-state index is -0.633. The Kier molecular flexibility index (Phi) is 4.31. The zero-order valence-electron chi connectivity index (χ0n) is 9.18. The molecule has 2 N–H and O–H groups in total. The summed E-state index contributed by atoms with van der Waals surface area (Å²) in [6.45, 7) is 0. The van der Waals surface area contributed by atoms with Gasteiger partial charge in [0, 0.05) is 18.2 Å². The van der Waals surface area contributed by atoms with Gasteiger partial charge < -0.3 is 10.5 Å². The average molecular weight is 341 g/mol. The van der Waals surface area contributed by atoms with Crippen molar-refractivity contribution in [2.45, 2.75) is 0 Å². The van der Waals surface area contributed by atoms with Crippen LogP contribution in [-0.4, -0.2) is 0 Å². The van der Waals surface area contributed by atoms with Crippen molar-refractivity contribution in [3.8, 4) is 11.5 Å². The van der Waals surface area contributed by atoms with Gasteiger partial charge in [-0.2, -0.15) is 0 Å². The third kappa shape index (κ3) is 3.18. The summed E-state index contributed by atoms with van der Waals surface area (Å²) in [4.78, 5) is 0. The molecular weight excluding hydrogens is 335 g/mol. The Hall–Kier alpha value is -0.870. The van der Waals surface area contributed by atoms with Gasteiger partial charge in [-0.25, -0.2) is 4.39 Å². The number of hydrogen-bond donors (Lipinski definition) is 1. The number of nitrogens with two attached hydrogens (primary N) is 1. The molecule has 0 aromatic heterocycles. The Bertz CT molecular complexity index is 593. The van der Waals surface area contributed by atoms with Crippen molar-refractivity contribution in [2.24, 2.45) is 0 Å². The van der Waals surface area contributed by atoms with Gasteiger partial charge >= 0.3 is 0 Å². The van der Waals surface area contributed by atoms with E-state index in [1.54, 1.807) is 0 Å². The quantitative estimate of drug-likeness (QED) is 0.552. The van der Waals surface area contributed by atoms with Gasteiger partial charge in [-0.3, -0.25) is 0 Å². The van der Waals surface area contributed by atoms with Gasteiger partial charge in [0.2, 0.25) is 0 Å². The zero-order chi connectivity index (χ0) is 14.2. The highest BCUT2D eigenvalue weighted by Crippen LogP contribution is 2.39. The van der Waals surface area contributed by atoms with Crippen molar-refractivity contribution >= 4 is 52.1 Å². The van der Waals surface area contributed by atoms with E-state index in [4.69, 9.17) is 56.9 Å². The van der Waals surface area contributed by atoms with Crippen molar-refractivity contribution in [1.29, 1.82) is 0 Å². The Morgan fingerprint density at radius 3 is 2.05 bits per heavy atom. The summed E-state index contributed by atoms with van der Waals surface area (Å²) < 4.78 is 18.6. The van der Waals surface area contributed by atoms with Crippen molar-refractivity contribution in [1.82, 2.24) is 0 Å². The molecular formula is C12H6Cl4FNO. The van der Waals surface area contributed by atoms with E-state index in [0.29, 0.717) is 5.02 Å². The first-order chi connectivity index (χ1) is 8.88. The molecule has 0 saturated heterocycles. The maximum Gasteiger partial charge on any atom is 0.152 e. The molecule has 0 bridgehead atoms. The van der Waals surface area contributed by atoms with Gasteiger partial charge in [0.25, 0.3) is 0 Å². The summed E-state index contributed by atoms with van der Waals surface area (Å²) in [5.41, 5.74) is 5.72. The van der Waals surface area contributed by atoms with E-state index in [1.807, 2.05) is 0 Å². The number of ether oxygens (including phenoxy) is 1. The maximum atomic E-state index is 13.2. The van der Waals surface area contributed by atoms with Crippen LogP contribution in [0.2, 0.25) is 20.1 Å². The van der Waals surface area contributed by atoms with Crippen molar-refractivity contribution in [3.63, 3.8) is 0 Å². The first kappa shape index (κ1) is 14.5.